The molecule has 2 rings (SSSR count). The fraction of sp³-hybridized carbons (Fsp3) is 0.833. The number of ether oxygens (including phenoxy) is 1. The summed E-state index contributed by atoms with van der Waals surface area (Å²) in [6.07, 6.45) is 0.743. The molecule has 2 unspecified atom stereocenters. The molecule has 0 radical (unpaired) electrons. The maximum atomic E-state index is 11.9. The third-order valence-electron chi connectivity index (χ3n) is 3.65. The number of piperazine rings is 1. The summed E-state index contributed by atoms with van der Waals surface area (Å²) in [4.78, 5) is 27.4. The molecule has 2 atom stereocenters. The molecule has 0 aromatic rings. The summed E-state index contributed by atoms with van der Waals surface area (Å²) in [6.45, 7) is 7.07. The molecule has 2 aliphatic rings. The lowest BCUT2D eigenvalue weighted by molar-refractivity contribution is -0.150. The number of nitrogens with one attached hydrogen (secondary N) is 1. The molecule has 2 aliphatic heterocycles. The van der Waals surface area contributed by atoms with Crippen molar-refractivity contribution < 1.29 is 14.3 Å². The van der Waals surface area contributed by atoms with Gasteiger partial charge in [0.05, 0.1) is 12.6 Å². The van der Waals surface area contributed by atoms with Crippen LogP contribution in [0.4, 0.5) is 4.79 Å². The summed E-state index contributed by atoms with van der Waals surface area (Å²) in [5, 5.41) is 2.84. The van der Waals surface area contributed by atoms with Crippen LogP contribution >= 0.6 is 0 Å². The molecule has 102 valence electrons. The summed E-state index contributed by atoms with van der Waals surface area (Å²) in [5.74, 6) is -0.147. The molecule has 0 bridgehead atoms. The predicted octanol–water partition coefficient (Wildman–Crippen LogP) is 0.0375. The second-order valence-corrected chi connectivity index (χ2v) is 4.70. The molecule has 2 fully saturated rings. The van der Waals surface area contributed by atoms with Crippen LogP contribution in [0.1, 0.15) is 20.3 Å². The van der Waals surface area contributed by atoms with Gasteiger partial charge >= 0.3 is 12.0 Å². The normalized spacial score (nSPS) is 25.6. The lowest BCUT2D eigenvalue weighted by atomic mass is 10.1. The number of urea groups is 1. The van der Waals surface area contributed by atoms with Crippen molar-refractivity contribution in [1.29, 1.82) is 0 Å². The van der Waals surface area contributed by atoms with Crippen LogP contribution < -0.4 is 5.32 Å². The topological polar surface area (TPSA) is 61.9 Å². The average molecular weight is 255 g/mol. The minimum atomic E-state index is -0.178. The fourth-order valence-electron chi connectivity index (χ4n) is 2.72. The van der Waals surface area contributed by atoms with E-state index in [2.05, 4.69) is 10.2 Å². The first-order valence-electron chi connectivity index (χ1n) is 6.62. The fourth-order valence-corrected chi connectivity index (χ4v) is 2.72. The Balaban J connectivity index is 1.97. The summed E-state index contributed by atoms with van der Waals surface area (Å²) >= 11 is 0. The molecule has 0 aliphatic carbocycles. The van der Waals surface area contributed by atoms with Crippen LogP contribution in [0.15, 0.2) is 0 Å². The van der Waals surface area contributed by atoms with Gasteiger partial charge in [-0.3, -0.25) is 9.69 Å². The number of hydrogen-bond donors (Lipinski definition) is 1. The van der Waals surface area contributed by atoms with E-state index >= 15 is 0 Å². The zero-order valence-electron chi connectivity index (χ0n) is 11.0. The van der Waals surface area contributed by atoms with Crippen LogP contribution in [-0.2, 0) is 9.53 Å². The Morgan fingerprint density at radius 3 is 2.94 bits per heavy atom. The number of esters is 1. The Morgan fingerprint density at radius 1 is 1.50 bits per heavy atom. The molecule has 6 nitrogen and oxygen atoms in total. The van der Waals surface area contributed by atoms with Gasteiger partial charge in [0.2, 0.25) is 0 Å². The highest BCUT2D eigenvalue weighted by Crippen LogP contribution is 2.18. The second kappa shape index (κ2) is 5.56. The van der Waals surface area contributed by atoms with Crippen molar-refractivity contribution in [3.63, 3.8) is 0 Å². The molecule has 0 spiro atoms. The third kappa shape index (κ3) is 2.43. The quantitative estimate of drug-likeness (QED) is 0.720. The van der Waals surface area contributed by atoms with Crippen molar-refractivity contribution in [1.82, 2.24) is 15.1 Å². The molecule has 0 aromatic carbocycles. The first-order chi connectivity index (χ1) is 8.67. The van der Waals surface area contributed by atoms with Gasteiger partial charge in [-0.1, -0.05) is 6.92 Å². The Labute approximate surface area is 107 Å². The molecule has 2 heterocycles. The van der Waals surface area contributed by atoms with Crippen LogP contribution in [0.25, 0.3) is 0 Å². The summed E-state index contributed by atoms with van der Waals surface area (Å²) in [7, 11) is 0. The highest BCUT2D eigenvalue weighted by atomic mass is 16.5. The molecule has 6 heteroatoms. The minimum absolute atomic E-state index is 0.0174. The Kier molecular flexibility index (Phi) is 4.06. The van der Waals surface area contributed by atoms with Crippen molar-refractivity contribution in [3.05, 3.63) is 0 Å². The zero-order valence-corrected chi connectivity index (χ0v) is 11.0. The molecule has 0 aromatic heterocycles. The SMILES string of the molecule is CCOC(=O)C(CC)N1CCN2C(=O)NCC2C1. The van der Waals surface area contributed by atoms with Gasteiger partial charge in [-0.2, -0.15) is 0 Å². The van der Waals surface area contributed by atoms with Gasteiger partial charge in [0.15, 0.2) is 0 Å². The van der Waals surface area contributed by atoms with E-state index in [0.717, 1.165) is 19.5 Å². The smallest absolute Gasteiger partial charge is 0.323 e. The van der Waals surface area contributed by atoms with E-state index in [1.807, 2.05) is 18.7 Å². The van der Waals surface area contributed by atoms with Crippen LogP contribution in [0, 0.1) is 0 Å². The number of rotatable bonds is 4. The lowest BCUT2D eigenvalue weighted by Gasteiger charge is -2.39. The second-order valence-electron chi connectivity index (χ2n) is 4.70. The minimum Gasteiger partial charge on any atom is -0.465 e. The zero-order chi connectivity index (χ0) is 13.1. The standard InChI is InChI=1S/C12H21N3O3/c1-3-10(11(16)18-4-2)14-5-6-15-9(8-14)7-13-12(15)17/h9-10H,3-8H2,1-2H3,(H,13,17). The summed E-state index contributed by atoms with van der Waals surface area (Å²) < 4.78 is 5.10. The molecule has 1 N–H and O–H groups in total. The number of carbonyl (C=O) groups excluding carboxylic acids is 2. The third-order valence-corrected chi connectivity index (χ3v) is 3.65. The molecular formula is C12H21N3O3. The number of carbonyl (C=O) groups is 2. The predicted molar refractivity (Wildman–Crippen MR) is 66.2 cm³/mol. The van der Waals surface area contributed by atoms with Crippen molar-refractivity contribution in [2.24, 2.45) is 0 Å². The lowest BCUT2D eigenvalue weighted by Crippen LogP contribution is -2.56. The van der Waals surface area contributed by atoms with E-state index in [9.17, 15) is 9.59 Å². The van der Waals surface area contributed by atoms with Crippen molar-refractivity contribution >= 4 is 12.0 Å². The molecular weight excluding hydrogens is 234 g/mol. The number of fused-ring (bicyclic) bond motifs is 1. The van der Waals surface area contributed by atoms with E-state index in [1.54, 1.807) is 0 Å². The summed E-state index contributed by atoms with van der Waals surface area (Å²) in [6, 6.07) is 0.0290. The van der Waals surface area contributed by atoms with Crippen LogP contribution in [0.2, 0.25) is 0 Å². The number of hydrogen-bond acceptors (Lipinski definition) is 4. The average Bonchev–Trinajstić information content (AvgIpc) is 2.72. The Morgan fingerprint density at radius 2 is 2.28 bits per heavy atom. The highest BCUT2D eigenvalue weighted by Gasteiger charge is 2.38. The van der Waals surface area contributed by atoms with E-state index in [-0.39, 0.29) is 24.1 Å². The molecule has 18 heavy (non-hydrogen) atoms. The first-order valence-corrected chi connectivity index (χ1v) is 6.62. The van der Waals surface area contributed by atoms with E-state index in [1.165, 1.54) is 0 Å². The van der Waals surface area contributed by atoms with Gasteiger partial charge in [-0.25, -0.2) is 4.79 Å². The van der Waals surface area contributed by atoms with Gasteiger partial charge in [0, 0.05) is 26.2 Å². The van der Waals surface area contributed by atoms with E-state index in [4.69, 9.17) is 4.74 Å². The van der Waals surface area contributed by atoms with Crippen molar-refractivity contribution in [2.75, 3.05) is 32.8 Å². The Bertz CT molecular complexity index is 335. The maximum Gasteiger partial charge on any atom is 0.323 e. The van der Waals surface area contributed by atoms with E-state index < -0.39 is 0 Å². The monoisotopic (exact) mass is 255 g/mol. The van der Waals surface area contributed by atoms with Crippen LogP contribution in [0.5, 0.6) is 0 Å². The van der Waals surface area contributed by atoms with E-state index in [0.29, 0.717) is 19.7 Å². The van der Waals surface area contributed by atoms with Gasteiger partial charge in [-0.05, 0) is 13.3 Å². The first kappa shape index (κ1) is 13.1. The van der Waals surface area contributed by atoms with Gasteiger partial charge in [0.1, 0.15) is 6.04 Å². The van der Waals surface area contributed by atoms with Crippen LogP contribution in [-0.4, -0.2) is 66.7 Å². The Hall–Kier alpha value is -1.30. The van der Waals surface area contributed by atoms with Crippen molar-refractivity contribution in [3.8, 4) is 0 Å². The molecule has 2 saturated heterocycles. The number of amides is 2. The number of nitrogens with zero attached hydrogens (tertiary/aromatic N) is 2. The van der Waals surface area contributed by atoms with Crippen molar-refractivity contribution in [2.45, 2.75) is 32.4 Å². The van der Waals surface area contributed by atoms with Gasteiger partial charge in [-0.15, -0.1) is 0 Å². The summed E-state index contributed by atoms with van der Waals surface area (Å²) in [5.41, 5.74) is 0. The van der Waals surface area contributed by atoms with Gasteiger partial charge in [0.25, 0.3) is 0 Å². The molecule has 2 amide bonds. The highest BCUT2D eigenvalue weighted by molar-refractivity contribution is 5.78. The largest absolute Gasteiger partial charge is 0.465 e. The maximum absolute atomic E-state index is 11.9. The molecule has 0 saturated carbocycles. The van der Waals surface area contributed by atoms with Gasteiger partial charge < -0.3 is 15.0 Å². The van der Waals surface area contributed by atoms with Crippen LogP contribution in [0.3, 0.4) is 0 Å².